The van der Waals surface area contributed by atoms with Gasteiger partial charge in [-0.2, -0.15) is 8.42 Å². The van der Waals surface area contributed by atoms with E-state index in [9.17, 15) is 13.2 Å². The Bertz CT molecular complexity index is 247. The van der Waals surface area contributed by atoms with Gasteiger partial charge in [0, 0.05) is 0 Å². The molecule has 0 saturated heterocycles. The largest absolute Gasteiger partial charge is 0.310 e. The topological polar surface area (TPSA) is 72.5 Å². The minimum absolute atomic E-state index is 0.0194. The van der Waals surface area contributed by atoms with Gasteiger partial charge in [0.05, 0.1) is 19.4 Å². The van der Waals surface area contributed by atoms with Crippen molar-refractivity contribution < 1.29 is 17.4 Å². The van der Waals surface area contributed by atoms with Crippen molar-refractivity contribution in [3.63, 3.8) is 0 Å². The maximum Gasteiger partial charge on any atom is 0.267 e. The van der Waals surface area contributed by atoms with E-state index in [1.54, 1.807) is 0 Å². The summed E-state index contributed by atoms with van der Waals surface area (Å²) in [7, 11) is -2.21. The molecular formula is C7H15NO4S. The molecule has 0 bridgehead atoms. The first-order chi connectivity index (χ1) is 5.98. The monoisotopic (exact) mass is 209 g/mol. The third-order valence-electron chi connectivity index (χ3n) is 1.38. The van der Waals surface area contributed by atoms with E-state index in [1.165, 1.54) is 6.92 Å². The smallest absolute Gasteiger partial charge is 0.267 e. The van der Waals surface area contributed by atoms with Crippen molar-refractivity contribution in [1.29, 1.82) is 0 Å². The number of hydrogen-bond acceptors (Lipinski definition) is 5. The molecule has 0 aromatic heterocycles. The van der Waals surface area contributed by atoms with E-state index >= 15 is 0 Å². The molecule has 0 rings (SSSR count). The summed E-state index contributed by atoms with van der Waals surface area (Å²) >= 11 is 0. The molecule has 0 saturated carbocycles. The molecule has 0 aliphatic carbocycles. The van der Waals surface area contributed by atoms with Crippen LogP contribution in [0.4, 0.5) is 0 Å². The molecule has 0 aromatic carbocycles. The molecular weight excluding hydrogens is 194 g/mol. The number of hydrogen-bond donors (Lipinski definition) is 1. The summed E-state index contributed by atoms with van der Waals surface area (Å²) in [5.41, 5.74) is 0. The second kappa shape index (κ2) is 6.06. The van der Waals surface area contributed by atoms with Crippen molar-refractivity contribution >= 4 is 15.9 Å². The predicted octanol–water partition coefficient (Wildman–Crippen LogP) is -0.469. The van der Waals surface area contributed by atoms with E-state index in [2.05, 4.69) is 9.50 Å². The standard InChI is InChI=1S/C7H15NO4S/c1-7(9)6-8-4-3-5-13(10,11)12-2/h8H,3-6H2,1-2H3. The van der Waals surface area contributed by atoms with Crippen LogP contribution in [0, 0.1) is 0 Å². The van der Waals surface area contributed by atoms with E-state index in [0.717, 1.165) is 7.11 Å². The van der Waals surface area contributed by atoms with Crippen molar-refractivity contribution in [2.75, 3.05) is 26.0 Å². The highest BCUT2D eigenvalue weighted by molar-refractivity contribution is 7.86. The van der Waals surface area contributed by atoms with Crippen LogP contribution in [0.25, 0.3) is 0 Å². The van der Waals surface area contributed by atoms with Crippen LogP contribution in [0.5, 0.6) is 0 Å². The molecule has 0 unspecified atom stereocenters. The zero-order valence-corrected chi connectivity index (χ0v) is 8.69. The molecule has 0 fully saturated rings. The molecule has 0 atom stereocenters. The van der Waals surface area contributed by atoms with Crippen molar-refractivity contribution in [3.05, 3.63) is 0 Å². The normalized spacial score (nSPS) is 11.5. The zero-order valence-electron chi connectivity index (χ0n) is 7.87. The average molecular weight is 209 g/mol. The van der Waals surface area contributed by atoms with Crippen LogP contribution in [0.15, 0.2) is 0 Å². The number of nitrogens with one attached hydrogen (secondary N) is 1. The van der Waals surface area contributed by atoms with Gasteiger partial charge in [-0.1, -0.05) is 0 Å². The SMILES string of the molecule is COS(=O)(=O)CCCNCC(C)=O. The number of Topliss-reactive ketones (excluding diaryl/α,β-unsaturated/α-hetero) is 1. The van der Waals surface area contributed by atoms with Crippen molar-refractivity contribution in [2.24, 2.45) is 0 Å². The van der Waals surface area contributed by atoms with Crippen LogP contribution in [-0.2, 0) is 19.1 Å². The highest BCUT2D eigenvalue weighted by Crippen LogP contribution is 1.92. The lowest BCUT2D eigenvalue weighted by molar-refractivity contribution is -0.116. The molecule has 5 nitrogen and oxygen atoms in total. The van der Waals surface area contributed by atoms with Crippen LogP contribution in [0.1, 0.15) is 13.3 Å². The Morgan fingerprint density at radius 1 is 1.46 bits per heavy atom. The fourth-order valence-electron chi connectivity index (χ4n) is 0.722. The number of ketones is 1. The molecule has 0 amide bonds. The summed E-state index contributed by atoms with van der Waals surface area (Å²) in [6, 6.07) is 0. The molecule has 0 aliphatic rings. The molecule has 6 heteroatoms. The summed E-state index contributed by atoms with van der Waals surface area (Å²) < 4.78 is 25.8. The molecule has 0 heterocycles. The molecule has 1 N–H and O–H groups in total. The minimum Gasteiger partial charge on any atom is -0.310 e. The van der Waals surface area contributed by atoms with Crippen molar-refractivity contribution in [2.45, 2.75) is 13.3 Å². The van der Waals surface area contributed by atoms with Gasteiger partial charge in [0.15, 0.2) is 0 Å². The van der Waals surface area contributed by atoms with Gasteiger partial charge < -0.3 is 5.32 Å². The third kappa shape index (κ3) is 7.89. The summed E-state index contributed by atoms with van der Waals surface area (Å²) in [5, 5.41) is 2.81. The molecule has 13 heavy (non-hydrogen) atoms. The zero-order chi connectivity index (χ0) is 10.3. The molecule has 0 aliphatic heterocycles. The number of rotatable bonds is 7. The number of carbonyl (C=O) groups excluding carboxylic acids is 1. The molecule has 0 aromatic rings. The van der Waals surface area contributed by atoms with Gasteiger partial charge in [-0.3, -0.25) is 8.98 Å². The van der Waals surface area contributed by atoms with E-state index in [4.69, 9.17) is 0 Å². The fraction of sp³-hybridized carbons (Fsp3) is 0.857. The first-order valence-electron chi connectivity index (χ1n) is 3.96. The van der Waals surface area contributed by atoms with Gasteiger partial charge in [-0.15, -0.1) is 0 Å². The third-order valence-corrected chi connectivity index (χ3v) is 2.67. The van der Waals surface area contributed by atoms with Crippen LogP contribution in [-0.4, -0.2) is 40.2 Å². The van der Waals surface area contributed by atoms with Crippen molar-refractivity contribution in [1.82, 2.24) is 5.32 Å². The Labute approximate surface area is 78.6 Å². The van der Waals surface area contributed by atoms with Gasteiger partial charge in [0.2, 0.25) is 0 Å². The molecule has 0 spiro atoms. The Morgan fingerprint density at radius 2 is 2.08 bits per heavy atom. The average Bonchev–Trinajstić information content (AvgIpc) is 2.03. The molecule has 0 radical (unpaired) electrons. The minimum atomic E-state index is -3.35. The maximum absolute atomic E-state index is 10.8. The summed E-state index contributed by atoms with van der Waals surface area (Å²) in [6.07, 6.45) is 0.448. The maximum atomic E-state index is 10.8. The van der Waals surface area contributed by atoms with Crippen LogP contribution >= 0.6 is 0 Å². The summed E-state index contributed by atoms with van der Waals surface area (Å²) in [6.45, 7) is 2.26. The van der Waals surface area contributed by atoms with Gasteiger partial charge in [-0.25, -0.2) is 0 Å². The lowest BCUT2D eigenvalue weighted by atomic mass is 10.4. The Balaban J connectivity index is 3.42. The van der Waals surface area contributed by atoms with Gasteiger partial charge in [-0.05, 0) is 19.9 Å². The van der Waals surface area contributed by atoms with Crippen LogP contribution < -0.4 is 5.32 Å². The van der Waals surface area contributed by atoms with E-state index in [-0.39, 0.29) is 18.1 Å². The highest BCUT2D eigenvalue weighted by atomic mass is 32.2. The fourth-order valence-corrected chi connectivity index (χ4v) is 1.39. The number of carbonyl (C=O) groups is 1. The lowest BCUT2D eigenvalue weighted by Gasteiger charge is -2.02. The Kier molecular flexibility index (Phi) is 5.85. The van der Waals surface area contributed by atoms with Crippen LogP contribution in [0.2, 0.25) is 0 Å². The van der Waals surface area contributed by atoms with Gasteiger partial charge in [0.25, 0.3) is 10.1 Å². The van der Waals surface area contributed by atoms with E-state index < -0.39 is 10.1 Å². The summed E-state index contributed by atoms with van der Waals surface area (Å²) in [5.74, 6) is 0.0172. The second-order valence-corrected chi connectivity index (χ2v) is 4.52. The van der Waals surface area contributed by atoms with Gasteiger partial charge in [0.1, 0.15) is 5.78 Å². The van der Waals surface area contributed by atoms with E-state index in [0.29, 0.717) is 13.0 Å². The first-order valence-corrected chi connectivity index (χ1v) is 5.54. The van der Waals surface area contributed by atoms with Gasteiger partial charge >= 0.3 is 0 Å². The first kappa shape index (κ1) is 12.5. The van der Waals surface area contributed by atoms with E-state index in [1.807, 2.05) is 0 Å². The highest BCUT2D eigenvalue weighted by Gasteiger charge is 2.06. The Morgan fingerprint density at radius 3 is 2.54 bits per heavy atom. The van der Waals surface area contributed by atoms with Crippen molar-refractivity contribution in [3.8, 4) is 0 Å². The van der Waals surface area contributed by atoms with Crippen LogP contribution in [0.3, 0.4) is 0 Å². The molecule has 78 valence electrons. The summed E-state index contributed by atoms with van der Waals surface area (Å²) in [4.78, 5) is 10.5. The predicted molar refractivity (Wildman–Crippen MR) is 49.0 cm³/mol. The lowest BCUT2D eigenvalue weighted by Crippen LogP contribution is -2.23. The second-order valence-electron chi connectivity index (χ2n) is 2.66. The Hall–Kier alpha value is -0.460. The quantitative estimate of drug-likeness (QED) is 0.453.